The SMILES string of the molecule is CCCC.CCCCCCC(CCC)OC(=O)CC(=O)O. The van der Waals surface area contributed by atoms with Crippen LogP contribution in [0.25, 0.3) is 0 Å². The second kappa shape index (κ2) is 17.0. The summed E-state index contributed by atoms with van der Waals surface area (Å²) in [4.78, 5) is 21.6. The Balaban J connectivity index is 0. The fourth-order valence-electron chi connectivity index (χ4n) is 1.73. The Kier molecular flexibility index (Phi) is 18.0. The monoisotopic (exact) mass is 302 g/mol. The molecule has 0 spiro atoms. The van der Waals surface area contributed by atoms with Gasteiger partial charge in [-0.3, -0.25) is 9.59 Å². The number of carbonyl (C=O) groups is 2. The summed E-state index contributed by atoms with van der Waals surface area (Å²) in [6, 6.07) is 0. The number of rotatable bonds is 11. The summed E-state index contributed by atoms with van der Waals surface area (Å²) in [7, 11) is 0. The van der Waals surface area contributed by atoms with Crippen LogP contribution in [-0.2, 0) is 14.3 Å². The van der Waals surface area contributed by atoms with Gasteiger partial charge >= 0.3 is 11.9 Å². The van der Waals surface area contributed by atoms with E-state index in [1.165, 1.54) is 25.7 Å². The number of carboxylic acids is 1. The van der Waals surface area contributed by atoms with Crippen LogP contribution >= 0.6 is 0 Å². The lowest BCUT2D eigenvalue weighted by atomic mass is 10.1. The molecule has 1 atom stereocenters. The molecule has 0 rings (SSSR count). The summed E-state index contributed by atoms with van der Waals surface area (Å²) < 4.78 is 5.16. The van der Waals surface area contributed by atoms with E-state index < -0.39 is 18.4 Å². The van der Waals surface area contributed by atoms with Crippen molar-refractivity contribution in [3.63, 3.8) is 0 Å². The molecule has 1 unspecified atom stereocenters. The van der Waals surface area contributed by atoms with Gasteiger partial charge in [0.15, 0.2) is 0 Å². The second-order valence-electron chi connectivity index (χ2n) is 5.32. The summed E-state index contributed by atoms with van der Waals surface area (Å²) in [6.07, 6.45) is 9.17. The van der Waals surface area contributed by atoms with Crippen molar-refractivity contribution in [2.24, 2.45) is 0 Å². The molecule has 0 fully saturated rings. The molecule has 0 aromatic heterocycles. The highest BCUT2D eigenvalue weighted by molar-refractivity contribution is 5.90. The molecule has 0 radical (unpaired) electrons. The quantitative estimate of drug-likeness (QED) is 0.333. The molecule has 4 heteroatoms. The first-order chi connectivity index (χ1) is 10.0. The Morgan fingerprint density at radius 3 is 1.90 bits per heavy atom. The standard InChI is InChI=1S/C13H24O4.C4H10/c1-3-5-6-7-9-11(8-4-2)17-13(16)10-12(14)15;1-3-4-2/h11H,3-10H2,1-2H3,(H,14,15);3-4H2,1-2H3. The van der Waals surface area contributed by atoms with Gasteiger partial charge in [0.05, 0.1) is 0 Å². The van der Waals surface area contributed by atoms with Crippen LogP contribution < -0.4 is 0 Å². The van der Waals surface area contributed by atoms with Gasteiger partial charge in [0.2, 0.25) is 0 Å². The molecule has 21 heavy (non-hydrogen) atoms. The zero-order valence-electron chi connectivity index (χ0n) is 14.3. The van der Waals surface area contributed by atoms with Crippen molar-refractivity contribution in [2.45, 2.75) is 98.0 Å². The van der Waals surface area contributed by atoms with Crippen LogP contribution in [0.1, 0.15) is 91.9 Å². The average molecular weight is 302 g/mol. The van der Waals surface area contributed by atoms with Gasteiger partial charge in [-0.2, -0.15) is 0 Å². The number of esters is 1. The van der Waals surface area contributed by atoms with Gasteiger partial charge in [0, 0.05) is 0 Å². The maximum absolute atomic E-state index is 11.2. The van der Waals surface area contributed by atoms with E-state index >= 15 is 0 Å². The number of unbranched alkanes of at least 4 members (excludes halogenated alkanes) is 4. The maximum Gasteiger partial charge on any atom is 0.317 e. The van der Waals surface area contributed by atoms with Crippen molar-refractivity contribution < 1.29 is 19.4 Å². The Morgan fingerprint density at radius 1 is 0.857 bits per heavy atom. The maximum atomic E-state index is 11.2. The first-order valence-electron chi connectivity index (χ1n) is 8.42. The van der Waals surface area contributed by atoms with Crippen LogP contribution in [0.2, 0.25) is 0 Å². The number of carboxylic acid groups (broad SMARTS) is 1. The van der Waals surface area contributed by atoms with E-state index in [0.29, 0.717) is 0 Å². The van der Waals surface area contributed by atoms with Crippen molar-refractivity contribution >= 4 is 11.9 Å². The van der Waals surface area contributed by atoms with E-state index in [-0.39, 0.29) is 6.10 Å². The van der Waals surface area contributed by atoms with E-state index in [1.54, 1.807) is 0 Å². The van der Waals surface area contributed by atoms with Gasteiger partial charge in [0.1, 0.15) is 12.5 Å². The summed E-state index contributed by atoms with van der Waals surface area (Å²) in [6.45, 7) is 8.54. The topological polar surface area (TPSA) is 63.6 Å². The van der Waals surface area contributed by atoms with Crippen LogP contribution in [-0.4, -0.2) is 23.1 Å². The smallest absolute Gasteiger partial charge is 0.317 e. The van der Waals surface area contributed by atoms with Crippen LogP contribution in [0.5, 0.6) is 0 Å². The van der Waals surface area contributed by atoms with E-state index in [2.05, 4.69) is 20.8 Å². The molecule has 0 aliphatic heterocycles. The first-order valence-corrected chi connectivity index (χ1v) is 8.42. The van der Waals surface area contributed by atoms with Crippen molar-refractivity contribution in [1.29, 1.82) is 0 Å². The van der Waals surface area contributed by atoms with E-state index in [4.69, 9.17) is 9.84 Å². The predicted octanol–water partition coefficient (Wildman–Crippen LogP) is 4.95. The Bertz CT molecular complexity index is 249. The van der Waals surface area contributed by atoms with Gasteiger partial charge in [-0.1, -0.05) is 66.2 Å². The van der Waals surface area contributed by atoms with E-state index in [9.17, 15) is 9.59 Å². The van der Waals surface area contributed by atoms with Crippen molar-refractivity contribution in [1.82, 2.24) is 0 Å². The third-order valence-corrected chi connectivity index (χ3v) is 3.08. The molecule has 0 saturated carbocycles. The Morgan fingerprint density at radius 2 is 1.48 bits per heavy atom. The van der Waals surface area contributed by atoms with Gasteiger partial charge in [-0.25, -0.2) is 0 Å². The number of carbonyl (C=O) groups excluding carboxylic acids is 1. The van der Waals surface area contributed by atoms with Gasteiger partial charge in [-0.05, 0) is 19.3 Å². The Labute approximate surface area is 130 Å². The molecule has 0 bridgehead atoms. The fourth-order valence-corrected chi connectivity index (χ4v) is 1.73. The number of aliphatic carboxylic acids is 1. The molecule has 0 aliphatic rings. The number of hydrogen-bond donors (Lipinski definition) is 1. The molecule has 0 aromatic carbocycles. The van der Waals surface area contributed by atoms with Crippen LogP contribution in [0, 0.1) is 0 Å². The van der Waals surface area contributed by atoms with Crippen LogP contribution in [0.4, 0.5) is 0 Å². The molecule has 1 N–H and O–H groups in total. The van der Waals surface area contributed by atoms with E-state index in [1.807, 2.05) is 6.92 Å². The average Bonchev–Trinajstić information content (AvgIpc) is 2.43. The Hall–Kier alpha value is -1.06. The summed E-state index contributed by atoms with van der Waals surface area (Å²) in [5, 5.41) is 8.47. The molecule has 0 aliphatic carbocycles. The summed E-state index contributed by atoms with van der Waals surface area (Å²) >= 11 is 0. The van der Waals surface area contributed by atoms with Crippen molar-refractivity contribution in [2.75, 3.05) is 0 Å². The minimum Gasteiger partial charge on any atom is -0.481 e. The minimum absolute atomic E-state index is 0.108. The second-order valence-corrected chi connectivity index (χ2v) is 5.32. The van der Waals surface area contributed by atoms with Crippen LogP contribution in [0.3, 0.4) is 0 Å². The molecule has 0 aromatic rings. The van der Waals surface area contributed by atoms with Crippen LogP contribution in [0.15, 0.2) is 0 Å². The zero-order chi connectivity index (χ0) is 16.5. The van der Waals surface area contributed by atoms with E-state index in [0.717, 1.165) is 32.1 Å². The number of hydrogen-bond acceptors (Lipinski definition) is 3. The zero-order valence-corrected chi connectivity index (χ0v) is 14.3. The third kappa shape index (κ3) is 18.9. The van der Waals surface area contributed by atoms with Crippen molar-refractivity contribution in [3.8, 4) is 0 Å². The summed E-state index contributed by atoms with van der Waals surface area (Å²) in [5.41, 5.74) is 0. The van der Waals surface area contributed by atoms with Gasteiger partial charge in [-0.15, -0.1) is 0 Å². The lowest BCUT2D eigenvalue weighted by Gasteiger charge is -2.16. The first kappa shape index (κ1) is 22.2. The lowest BCUT2D eigenvalue weighted by molar-refractivity contribution is -0.155. The number of ether oxygens (including phenoxy) is 1. The normalized spacial score (nSPS) is 11.2. The molecule has 4 nitrogen and oxygen atoms in total. The molecule has 126 valence electrons. The highest BCUT2D eigenvalue weighted by Gasteiger charge is 2.15. The van der Waals surface area contributed by atoms with Gasteiger partial charge < -0.3 is 9.84 Å². The van der Waals surface area contributed by atoms with Gasteiger partial charge in [0.25, 0.3) is 0 Å². The van der Waals surface area contributed by atoms with Crippen molar-refractivity contribution in [3.05, 3.63) is 0 Å². The predicted molar refractivity (Wildman–Crippen MR) is 86.4 cm³/mol. The molecular formula is C17H34O4. The molecular weight excluding hydrogens is 268 g/mol. The molecule has 0 saturated heterocycles. The summed E-state index contributed by atoms with van der Waals surface area (Å²) in [5.74, 6) is -1.75. The molecule has 0 heterocycles. The third-order valence-electron chi connectivity index (χ3n) is 3.08. The fraction of sp³-hybridized carbons (Fsp3) is 0.882. The molecule has 0 amide bonds. The largest absolute Gasteiger partial charge is 0.481 e. The minimum atomic E-state index is -1.13. The highest BCUT2D eigenvalue weighted by Crippen LogP contribution is 2.13. The highest BCUT2D eigenvalue weighted by atomic mass is 16.5. The lowest BCUT2D eigenvalue weighted by Crippen LogP contribution is -2.20.